The van der Waals surface area contributed by atoms with Crippen LogP contribution in [0, 0.1) is 5.92 Å². The molecule has 1 atom stereocenters. The zero-order valence-corrected chi connectivity index (χ0v) is 17.6. The molecule has 0 spiro atoms. The average Bonchev–Trinajstić information content (AvgIpc) is 2.65. The van der Waals surface area contributed by atoms with Gasteiger partial charge in [-0.2, -0.15) is 4.31 Å². The second kappa shape index (κ2) is 8.91. The number of rotatable bonds is 6. The fourth-order valence-corrected chi connectivity index (χ4v) is 4.57. The molecule has 1 aliphatic heterocycles. The van der Waals surface area contributed by atoms with Crippen molar-refractivity contribution in [3.63, 3.8) is 0 Å². The highest BCUT2D eigenvalue weighted by Gasteiger charge is 2.33. The van der Waals surface area contributed by atoms with Crippen LogP contribution >= 0.6 is 0 Å². The van der Waals surface area contributed by atoms with E-state index in [0.717, 1.165) is 0 Å². The molecule has 0 saturated carbocycles. The lowest BCUT2D eigenvalue weighted by atomic mass is 9.99. The van der Waals surface area contributed by atoms with Gasteiger partial charge in [0.2, 0.25) is 21.8 Å². The Morgan fingerprint density at radius 3 is 2.43 bits per heavy atom. The summed E-state index contributed by atoms with van der Waals surface area (Å²) in [6.07, 6.45) is 1.17. The highest BCUT2D eigenvalue weighted by atomic mass is 32.2. The monoisotopic (exact) mass is 411 g/mol. The Kier molecular flexibility index (Phi) is 7.06. The van der Waals surface area contributed by atoms with Crippen LogP contribution in [-0.2, 0) is 19.6 Å². The predicted molar refractivity (Wildman–Crippen MR) is 105 cm³/mol. The Bertz CT molecular complexity index is 800. The maximum atomic E-state index is 12.9. The fraction of sp³-hybridized carbons (Fsp3) is 0.579. The number of hydrogen-bond acceptors (Lipinski definition) is 5. The number of nitrogens with zero attached hydrogens (tertiary/aromatic N) is 1. The van der Waals surface area contributed by atoms with Gasteiger partial charge in [-0.25, -0.2) is 8.42 Å². The zero-order valence-electron chi connectivity index (χ0n) is 16.8. The lowest BCUT2D eigenvalue weighted by Crippen LogP contribution is -2.49. The Hall–Kier alpha value is -2.13. The van der Waals surface area contributed by atoms with Crippen molar-refractivity contribution in [1.29, 1.82) is 0 Å². The Morgan fingerprint density at radius 1 is 1.21 bits per heavy atom. The van der Waals surface area contributed by atoms with Gasteiger partial charge in [0.15, 0.2) is 0 Å². The predicted octanol–water partition coefficient (Wildman–Crippen LogP) is 1.13. The van der Waals surface area contributed by atoms with Crippen LogP contribution in [0.3, 0.4) is 0 Å². The number of sulfonamides is 1. The summed E-state index contributed by atoms with van der Waals surface area (Å²) in [7, 11) is -2.18. The van der Waals surface area contributed by atoms with Crippen molar-refractivity contribution < 1.29 is 22.7 Å². The zero-order chi connectivity index (χ0) is 20.9. The molecule has 28 heavy (non-hydrogen) atoms. The highest BCUT2D eigenvalue weighted by Crippen LogP contribution is 2.25. The molecule has 1 saturated heterocycles. The maximum absolute atomic E-state index is 12.9. The topological polar surface area (TPSA) is 105 Å². The molecule has 2 rings (SSSR count). The first-order valence-corrected chi connectivity index (χ1v) is 10.7. The first kappa shape index (κ1) is 22.2. The van der Waals surface area contributed by atoms with Crippen molar-refractivity contribution in [2.75, 3.05) is 26.7 Å². The lowest BCUT2D eigenvalue weighted by molar-refractivity contribution is -0.129. The summed E-state index contributed by atoms with van der Waals surface area (Å²) < 4.78 is 32.1. The van der Waals surface area contributed by atoms with E-state index in [1.807, 2.05) is 20.8 Å². The molecule has 8 nitrogen and oxygen atoms in total. The number of hydrogen-bond donors (Lipinski definition) is 2. The molecular weight excluding hydrogens is 382 g/mol. The van der Waals surface area contributed by atoms with E-state index >= 15 is 0 Å². The Balaban J connectivity index is 1.98. The number of nitrogens with one attached hydrogen (secondary N) is 2. The fourth-order valence-electron chi connectivity index (χ4n) is 3.05. The molecule has 2 N–H and O–H groups in total. The van der Waals surface area contributed by atoms with Gasteiger partial charge in [-0.3, -0.25) is 9.59 Å². The van der Waals surface area contributed by atoms with Crippen molar-refractivity contribution in [2.45, 2.75) is 44.0 Å². The standard InChI is InChI=1S/C19H29N3O5S/c1-19(2,3)21-17(23)12-20-18(24)14-6-5-11-22(13-14)28(25,26)16-9-7-15(27-4)8-10-16/h7-10,14H,5-6,11-13H2,1-4H3,(H,20,24)(H,21,23). The molecular formula is C19H29N3O5S. The largest absolute Gasteiger partial charge is 0.497 e. The van der Waals surface area contributed by atoms with Gasteiger partial charge < -0.3 is 15.4 Å². The van der Waals surface area contributed by atoms with Gasteiger partial charge in [-0.1, -0.05) is 0 Å². The Morgan fingerprint density at radius 2 is 1.86 bits per heavy atom. The van der Waals surface area contributed by atoms with Crippen LogP contribution in [-0.4, -0.2) is 56.8 Å². The summed E-state index contributed by atoms with van der Waals surface area (Å²) >= 11 is 0. The summed E-state index contributed by atoms with van der Waals surface area (Å²) in [6, 6.07) is 6.17. The summed E-state index contributed by atoms with van der Waals surface area (Å²) in [5, 5.41) is 5.38. The third kappa shape index (κ3) is 5.93. The maximum Gasteiger partial charge on any atom is 0.243 e. The van der Waals surface area contributed by atoms with E-state index < -0.39 is 15.9 Å². The molecule has 1 aliphatic rings. The summed E-state index contributed by atoms with van der Waals surface area (Å²) in [5.74, 6) is -0.495. The van der Waals surface area contributed by atoms with E-state index in [1.165, 1.54) is 23.5 Å². The minimum atomic E-state index is -3.69. The van der Waals surface area contributed by atoms with E-state index in [2.05, 4.69) is 10.6 Å². The van der Waals surface area contributed by atoms with Crippen molar-refractivity contribution >= 4 is 21.8 Å². The molecule has 9 heteroatoms. The van der Waals surface area contributed by atoms with E-state index in [0.29, 0.717) is 25.1 Å². The van der Waals surface area contributed by atoms with Crippen LogP contribution in [0.15, 0.2) is 29.2 Å². The van der Waals surface area contributed by atoms with Gasteiger partial charge >= 0.3 is 0 Å². The first-order valence-electron chi connectivity index (χ1n) is 9.26. The highest BCUT2D eigenvalue weighted by molar-refractivity contribution is 7.89. The van der Waals surface area contributed by atoms with Crippen LogP contribution in [0.5, 0.6) is 5.75 Å². The molecule has 0 bridgehead atoms. The molecule has 1 heterocycles. The minimum Gasteiger partial charge on any atom is -0.497 e. The number of benzene rings is 1. The van der Waals surface area contributed by atoms with Crippen LogP contribution in [0.1, 0.15) is 33.6 Å². The smallest absolute Gasteiger partial charge is 0.243 e. The number of carbonyl (C=O) groups is 2. The number of amides is 2. The summed E-state index contributed by atoms with van der Waals surface area (Å²) in [6.45, 7) is 5.91. The summed E-state index contributed by atoms with van der Waals surface area (Å²) in [5.41, 5.74) is -0.379. The molecule has 1 fully saturated rings. The SMILES string of the molecule is COc1ccc(S(=O)(=O)N2CCCC(C(=O)NCC(=O)NC(C)(C)C)C2)cc1. The molecule has 1 aromatic carbocycles. The molecule has 1 aromatic rings. The average molecular weight is 412 g/mol. The van der Waals surface area contributed by atoms with E-state index in [9.17, 15) is 18.0 Å². The van der Waals surface area contributed by atoms with Crippen molar-refractivity contribution in [1.82, 2.24) is 14.9 Å². The minimum absolute atomic E-state index is 0.0983. The van der Waals surface area contributed by atoms with Gasteiger partial charge in [0, 0.05) is 18.6 Å². The number of ether oxygens (including phenoxy) is 1. The van der Waals surface area contributed by atoms with Crippen LogP contribution in [0.4, 0.5) is 0 Å². The molecule has 0 aliphatic carbocycles. The van der Waals surface area contributed by atoms with Crippen LogP contribution in [0.2, 0.25) is 0 Å². The van der Waals surface area contributed by atoms with E-state index in [1.54, 1.807) is 12.1 Å². The quantitative estimate of drug-likeness (QED) is 0.730. The molecule has 2 amide bonds. The third-order valence-electron chi connectivity index (χ3n) is 4.39. The van der Waals surface area contributed by atoms with Crippen LogP contribution in [0.25, 0.3) is 0 Å². The molecule has 0 radical (unpaired) electrons. The number of carbonyl (C=O) groups excluding carboxylic acids is 2. The van der Waals surface area contributed by atoms with Gasteiger partial charge in [0.25, 0.3) is 0 Å². The second-order valence-electron chi connectivity index (χ2n) is 7.89. The van der Waals surface area contributed by atoms with Gasteiger partial charge in [-0.05, 0) is 57.9 Å². The second-order valence-corrected chi connectivity index (χ2v) is 9.83. The molecule has 1 unspecified atom stereocenters. The van der Waals surface area contributed by atoms with Gasteiger partial charge in [-0.15, -0.1) is 0 Å². The summed E-state index contributed by atoms with van der Waals surface area (Å²) in [4.78, 5) is 24.5. The normalized spacial score (nSPS) is 18.4. The van der Waals surface area contributed by atoms with Crippen LogP contribution < -0.4 is 15.4 Å². The molecule has 0 aromatic heterocycles. The van der Waals surface area contributed by atoms with Crippen molar-refractivity contribution in [3.8, 4) is 5.75 Å². The van der Waals surface area contributed by atoms with E-state index in [4.69, 9.17) is 4.74 Å². The number of methoxy groups -OCH3 is 1. The number of piperidine rings is 1. The molecule has 156 valence electrons. The lowest BCUT2D eigenvalue weighted by Gasteiger charge is -2.31. The Labute approximate surface area is 166 Å². The van der Waals surface area contributed by atoms with E-state index in [-0.39, 0.29) is 35.3 Å². The van der Waals surface area contributed by atoms with Gasteiger partial charge in [0.05, 0.1) is 24.5 Å². The van der Waals surface area contributed by atoms with Crippen molar-refractivity contribution in [3.05, 3.63) is 24.3 Å². The van der Waals surface area contributed by atoms with Crippen molar-refractivity contribution in [2.24, 2.45) is 5.92 Å². The first-order chi connectivity index (χ1) is 13.0. The van der Waals surface area contributed by atoms with Gasteiger partial charge in [0.1, 0.15) is 5.75 Å². The third-order valence-corrected chi connectivity index (χ3v) is 6.27.